The fourth-order valence-electron chi connectivity index (χ4n) is 2.03. The van der Waals surface area contributed by atoms with E-state index in [4.69, 9.17) is 4.74 Å². The molecule has 2 rings (SSSR count). The van der Waals surface area contributed by atoms with Crippen molar-refractivity contribution in [2.24, 2.45) is 5.92 Å². The Labute approximate surface area is 115 Å². The molecule has 1 aromatic carbocycles. The molecule has 0 radical (unpaired) electrons. The van der Waals surface area contributed by atoms with E-state index in [1.165, 1.54) is 7.11 Å². The quantitative estimate of drug-likeness (QED) is 0.638. The molecule has 0 heterocycles. The van der Waals surface area contributed by atoms with Gasteiger partial charge in [0, 0.05) is 16.9 Å². The van der Waals surface area contributed by atoms with Crippen molar-refractivity contribution in [2.75, 3.05) is 7.11 Å². The first-order valence-corrected chi connectivity index (χ1v) is 6.05. The molecule has 7 nitrogen and oxygen atoms in total. The second-order valence-electron chi connectivity index (χ2n) is 4.51. The number of nitro groups is 1. The van der Waals surface area contributed by atoms with Crippen LogP contribution in [0.3, 0.4) is 0 Å². The lowest BCUT2D eigenvalue weighted by Crippen LogP contribution is -2.30. The van der Waals surface area contributed by atoms with Gasteiger partial charge in [0.15, 0.2) is 0 Å². The van der Waals surface area contributed by atoms with Gasteiger partial charge in [-0.3, -0.25) is 14.9 Å². The molecule has 1 saturated carbocycles. The van der Waals surface area contributed by atoms with Gasteiger partial charge in [-0.15, -0.1) is 0 Å². The highest BCUT2D eigenvalue weighted by Crippen LogP contribution is 2.34. The molecule has 0 aromatic heterocycles. The fraction of sp³-hybridized carbons (Fsp3) is 0.385. The molecule has 20 heavy (non-hydrogen) atoms. The summed E-state index contributed by atoms with van der Waals surface area (Å²) in [5, 5.41) is 22.2. The van der Waals surface area contributed by atoms with Gasteiger partial charge in [0.25, 0.3) is 0 Å². The van der Waals surface area contributed by atoms with Crippen molar-refractivity contribution >= 4 is 5.91 Å². The third-order valence-electron chi connectivity index (χ3n) is 3.23. The molecule has 3 unspecified atom stereocenters. The van der Waals surface area contributed by atoms with Crippen LogP contribution in [0.2, 0.25) is 0 Å². The molecule has 1 N–H and O–H groups in total. The van der Waals surface area contributed by atoms with Crippen LogP contribution in [-0.2, 0) is 4.79 Å². The Kier molecular flexibility index (Phi) is 3.84. The van der Waals surface area contributed by atoms with Crippen molar-refractivity contribution < 1.29 is 14.5 Å². The zero-order valence-electron chi connectivity index (χ0n) is 10.8. The molecular formula is C13H13N3O4. The molecule has 0 spiro atoms. The van der Waals surface area contributed by atoms with Crippen LogP contribution < -0.4 is 10.1 Å². The summed E-state index contributed by atoms with van der Waals surface area (Å²) in [7, 11) is 1.47. The number of carbonyl (C=O) groups excluding carboxylic acids is 1. The normalized spacial score (nSPS) is 21.4. The third kappa shape index (κ3) is 2.69. The smallest absolute Gasteiger partial charge is 0.231 e. The van der Waals surface area contributed by atoms with E-state index in [1.54, 1.807) is 24.3 Å². The van der Waals surface area contributed by atoms with Crippen molar-refractivity contribution in [3.63, 3.8) is 0 Å². The number of amides is 1. The monoisotopic (exact) mass is 275 g/mol. The van der Waals surface area contributed by atoms with Gasteiger partial charge in [0.1, 0.15) is 17.7 Å². The lowest BCUT2D eigenvalue weighted by Gasteiger charge is -2.14. The first-order chi connectivity index (χ1) is 9.58. The molecule has 0 aliphatic heterocycles. The molecule has 104 valence electrons. The van der Waals surface area contributed by atoms with Crippen LogP contribution in [0.5, 0.6) is 5.75 Å². The third-order valence-corrected chi connectivity index (χ3v) is 3.23. The molecule has 1 amide bonds. The number of nitriles is 1. The predicted octanol–water partition coefficient (Wildman–Crippen LogP) is 1.04. The SMILES string of the molecule is COc1ccccc1C(C#N)NC(=O)C1CC1[N+](=O)[O-]. The maximum Gasteiger partial charge on any atom is 0.231 e. The number of benzene rings is 1. The minimum absolute atomic E-state index is 0.225. The topological polar surface area (TPSA) is 105 Å². The Bertz CT molecular complexity index is 581. The average Bonchev–Trinajstić information content (AvgIpc) is 3.25. The van der Waals surface area contributed by atoms with Crippen LogP contribution in [0, 0.1) is 27.4 Å². The Morgan fingerprint density at radius 3 is 2.85 bits per heavy atom. The van der Waals surface area contributed by atoms with E-state index in [2.05, 4.69) is 5.32 Å². The van der Waals surface area contributed by atoms with E-state index in [1.807, 2.05) is 6.07 Å². The molecule has 1 aliphatic carbocycles. The minimum atomic E-state index is -0.883. The number of nitrogens with zero attached hydrogens (tertiary/aromatic N) is 2. The zero-order valence-corrected chi connectivity index (χ0v) is 10.8. The Morgan fingerprint density at radius 2 is 2.30 bits per heavy atom. The van der Waals surface area contributed by atoms with Gasteiger partial charge in [-0.05, 0) is 6.07 Å². The van der Waals surface area contributed by atoms with E-state index in [-0.39, 0.29) is 6.42 Å². The van der Waals surface area contributed by atoms with Gasteiger partial charge < -0.3 is 10.1 Å². The van der Waals surface area contributed by atoms with Crippen molar-refractivity contribution in [1.29, 1.82) is 5.26 Å². The summed E-state index contributed by atoms with van der Waals surface area (Å²) in [6.07, 6.45) is 0.225. The molecule has 1 fully saturated rings. The highest BCUT2D eigenvalue weighted by Gasteiger charge is 2.53. The molecule has 1 aliphatic rings. The summed E-state index contributed by atoms with van der Waals surface area (Å²) in [6.45, 7) is 0. The molecule has 0 saturated heterocycles. The first kappa shape index (κ1) is 13.8. The number of nitrogens with one attached hydrogen (secondary N) is 1. The summed E-state index contributed by atoms with van der Waals surface area (Å²) in [5.74, 6) is -0.624. The van der Waals surface area contributed by atoms with Crippen LogP contribution in [0.15, 0.2) is 24.3 Å². The number of ether oxygens (including phenoxy) is 1. The molecule has 3 atom stereocenters. The number of para-hydroxylation sites is 1. The van der Waals surface area contributed by atoms with Gasteiger partial charge in [-0.2, -0.15) is 5.26 Å². The van der Waals surface area contributed by atoms with E-state index in [9.17, 15) is 20.2 Å². The predicted molar refractivity (Wildman–Crippen MR) is 68.4 cm³/mol. The summed E-state index contributed by atoms with van der Waals surface area (Å²) in [4.78, 5) is 21.9. The second kappa shape index (κ2) is 5.57. The Balaban J connectivity index is 2.09. The second-order valence-corrected chi connectivity index (χ2v) is 4.51. The van der Waals surface area contributed by atoms with Crippen LogP contribution in [0.1, 0.15) is 18.0 Å². The van der Waals surface area contributed by atoms with Crippen molar-refractivity contribution in [1.82, 2.24) is 5.32 Å². The van der Waals surface area contributed by atoms with Crippen LogP contribution >= 0.6 is 0 Å². The van der Waals surface area contributed by atoms with Crippen LogP contribution in [0.4, 0.5) is 0 Å². The molecule has 1 aromatic rings. The number of methoxy groups -OCH3 is 1. The van der Waals surface area contributed by atoms with Crippen molar-refractivity contribution in [3.05, 3.63) is 39.9 Å². The number of rotatable bonds is 5. The summed E-state index contributed by atoms with van der Waals surface area (Å²) >= 11 is 0. The maximum absolute atomic E-state index is 11.9. The van der Waals surface area contributed by atoms with Gasteiger partial charge in [-0.1, -0.05) is 18.2 Å². The fourth-order valence-corrected chi connectivity index (χ4v) is 2.03. The number of hydrogen-bond acceptors (Lipinski definition) is 5. The van der Waals surface area contributed by atoms with Gasteiger partial charge in [0.2, 0.25) is 11.9 Å². The number of hydrogen-bond donors (Lipinski definition) is 1. The standard InChI is InChI=1S/C13H13N3O4/c1-20-12-5-3-2-4-8(12)10(7-14)15-13(17)9-6-11(9)16(18)19/h2-5,9-11H,6H2,1H3,(H,15,17). The highest BCUT2D eigenvalue weighted by molar-refractivity contribution is 5.82. The average molecular weight is 275 g/mol. The highest BCUT2D eigenvalue weighted by atomic mass is 16.6. The van der Waals surface area contributed by atoms with Crippen LogP contribution in [0.25, 0.3) is 0 Å². The molecular weight excluding hydrogens is 262 g/mol. The van der Waals surface area contributed by atoms with Crippen molar-refractivity contribution in [2.45, 2.75) is 18.5 Å². The lowest BCUT2D eigenvalue weighted by molar-refractivity contribution is -0.497. The summed E-state index contributed by atoms with van der Waals surface area (Å²) in [6, 6.07) is 7.09. The molecule has 0 bridgehead atoms. The Hall–Kier alpha value is -2.62. The van der Waals surface area contributed by atoms with Crippen LogP contribution in [-0.4, -0.2) is 24.0 Å². The minimum Gasteiger partial charge on any atom is -0.496 e. The summed E-state index contributed by atoms with van der Waals surface area (Å²) in [5.41, 5.74) is 0.532. The van der Waals surface area contributed by atoms with Gasteiger partial charge >= 0.3 is 0 Å². The number of carbonyl (C=O) groups is 1. The van der Waals surface area contributed by atoms with E-state index in [0.29, 0.717) is 11.3 Å². The van der Waals surface area contributed by atoms with E-state index >= 15 is 0 Å². The lowest BCUT2D eigenvalue weighted by atomic mass is 10.1. The van der Waals surface area contributed by atoms with Crippen molar-refractivity contribution in [3.8, 4) is 11.8 Å². The largest absolute Gasteiger partial charge is 0.496 e. The Morgan fingerprint density at radius 1 is 1.60 bits per heavy atom. The maximum atomic E-state index is 11.9. The van der Waals surface area contributed by atoms with Gasteiger partial charge in [-0.25, -0.2) is 0 Å². The summed E-state index contributed by atoms with van der Waals surface area (Å²) < 4.78 is 5.13. The van der Waals surface area contributed by atoms with E-state index < -0.39 is 28.8 Å². The molecule has 7 heteroatoms. The zero-order chi connectivity index (χ0) is 14.7. The van der Waals surface area contributed by atoms with Gasteiger partial charge in [0.05, 0.1) is 13.2 Å². The van der Waals surface area contributed by atoms with E-state index in [0.717, 1.165) is 0 Å². The first-order valence-electron chi connectivity index (χ1n) is 6.05.